The summed E-state index contributed by atoms with van der Waals surface area (Å²) in [6.07, 6.45) is -0.472. The molecule has 1 heterocycles. The molecule has 2 aromatic rings. The van der Waals surface area contributed by atoms with E-state index in [2.05, 4.69) is 10.4 Å². The van der Waals surface area contributed by atoms with E-state index in [-0.39, 0.29) is 0 Å². The van der Waals surface area contributed by atoms with Gasteiger partial charge in [0.15, 0.2) is 0 Å². The van der Waals surface area contributed by atoms with E-state index in [0.717, 1.165) is 10.7 Å². The van der Waals surface area contributed by atoms with Crippen molar-refractivity contribution < 1.29 is 14.2 Å². The molecule has 1 aromatic carbocycles. The van der Waals surface area contributed by atoms with Gasteiger partial charge in [0.05, 0.1) is 6.61 Å². The summed E-state index contributed by atoms with van der Waals surface area (Å²) in [5.41, 5.74) is 0.902. The topological polar surface area (TPSA) is 55.1 Å². The Labute approximate surface area is 169 Å². The van der Waals surface area contributed by atoms with E-state index in [0.29, 0.717) is 11.7 Å². The van der Waals surface area contributed by atoms with E-state index in [4.69, 9.17) is 57.7 Å². The molecule has 1 aromatic heterocycles. The molecule has 0 spiro atoms. The second-order valence-corrected chi connectivity index (χ2v) is 62.6. The summed E-state index contributed by atoms with van der Waals surface area (Å²) in [6, 6.07) is 9.62. The molecule has 0 saturated carbocycles. The molecule has 1 N–H and O–H groups in total. The normalized spacial score (nSPS) is 13.8. The zero-order valence-corrected chi connectivity index (χ0v) is 20.8. The van der Waals surface area contributed by atoms with E-state index < -0.39 is 15.2 Å². The van der Waals surface area contributed by atoms with Gasteiger partial charge in [-0.15, -0.1) is 0 Å². The molecule has 2 rings (SSSR count). The van der Waals surface area contributed by atoms with Crippen LogP contribution < -0.4 is 10.00 Å². The zero-order chi connectivity index (χ0) is 19.4. The summed E-state index contributed by atoms with van der Waals surface area (Å²) in [6.45, 7) is 3.94. The zero-order valence-electron chi connectivity index (χ0n) is 12.9. The van der Waals surface area contributed by atoms with Crippen molar-refractivity contribution in [2.75, 3.05) is 11.9 Å². The van der Waals surface area contributed by atoms with E-state index in [1.54, 1.807) is 6.92 Å². The first-order valence-corrected chi connectivity index (χ1v) is 26.8. The fourth-order valence-electron chi connectivity index (χ4n) is 1.42. The molecule has 0 amide bonds. The Bertz CT molecular complexity index is 725. The van der Waals surface area contributed by atoms with Crippen molar-refractivity contribution in [1.82, 2.24) is 5.10 Å². The summed E-state index contributed by atoms with van der Waals surface area (Å²) in [5.74, 6) is 0. The molecule has 0 fully saturated rings. The van der Waals surface area contributed by atoms with Crippen molar-refractivity contribution in [2.24, 2.45) is 0 Å². The summed E-state index contributed by atoms with van der Waals surface area (Å²) in [4.78, 5) is 11.7. The second kappa shape index (κ2) is 8.32. The number of carbonyl (C=O) groups is 1. The molecule has 25 heavy (non-hydrogen) atoms. The predicted octanol–water partition coefficient (Wildman–Crippen LogP) is 6.24. The number of ether oxygens (including phenoxy) is 1. The van der Waals surface area contributed by atoms with Gasteiger partial charge in [-0.25, -0.2) is 5.32 Å². The average molecular weight is 599 g/mol. The number of carbonyl (C=O) groups excluding carboxylic acids is 1. The van der Waals surface area contributed by atoms with Crippen LogP contribution in [-0.4, -0.2) is 26.9 Å². The average Bonchev–Trinajstić information content (AvgIpc) is 2.77. The maximum atomic E-state index is 11.7. The molecule has 0 radical (unpaired) electrons. The molecule has 0 atom stereocenters. The molecule has 0 aliphatic rings. The number of nitrogens with one attached hydrogen (secondary N) is 1. The van der Waals surface area contributed by atoms with Crippen LogP contribution in [0.4, 0.5) is 15.6 Å². The number of hydrogen-bond acceptors (Lipinski definition) is 5. The Balaban J connectivity index is 0.000000381. The van der Waals surface area contributed by atoms with Gasteiger partial charge in [-0.2, -0.15) is 4.79 Å². The molecule has 0 unspecified atom stereocenters. The molecule has 0 saturated heterocycles. The van der Waals surface area contributed by atoms with E-state index >= 15 is 0 Å². The third-order valence-electron chi connectivity index (χ3n) is 2.14. The van der Waals surface area contributed by atoms with Crippen LogP contribution in [0.15, 0.2) is 30.3 Å². The van der Waals surface area contributed by atoms with Gasteiger partial charge in [0.2, 0.25) is 0 Å². The van der Waals surface area contributed by atoms with Crippen LogP contribution in [0.2, 0.25) is 0 Å². The minimum atomic E-state index is -5.42. The number of hydrogen-bond donors (Lipinski definition) is 1. The predicted molar refractivity (Wildman–Crippen MR) is 110 cm³/mol. The van der Waals surface area contributed by atoms with Gasteiger partial charge >= 0.3 is 73.3 Å². The van der Waals surface area contributed by atoms with Crippen molar-refractivity contribution in [3.63, 3.8) is 0 Å². The number of benzene rings is 1. The number of rotatable bonds is 3. The van der Waals surface area contributed by atoms with Crippen LogP contribution in [0.5, 0.6) is 0 Å². The molecule has 142 valence electrons. The fraction of sp³-hybridized carbons (Fsp3) is 0.250. The molecule has 0 aliphatic carbocycles. The van der Waals surface area contributed by atoms with E-state index in [1.807, 2.05) is 37.3 Å². The van der Waals surface area contributed by atoms with Gasteiger partial charge in [0, 0.05) is 0 Å². The minimum absolute atomic E-state index is 0.327. The monoisotopic (exact) mass is 595 g/mol. The Morgan fingerprint density at radius 1 is 1.20 bits per heavy atom. The van der Waals surface area contributed by atoms with E-state index in [1.165, 1.54) is 16.0 Å². The van der Waals surface area contributed by atoms with Gasteiger partial charge in [0.1, 0.15) is 10.7 Å². The molecule has 0 bridgehead atoms. The third-order valence-corrected chi connectivity index (χ3v) is 2.99. The van der Waals surface area contributed by atoms with Gasteiger partial charge in [-0.1, -0.05) is 23.3 Å². The van der Waals surface area contributed by atoms with Crippen LogP contribution >= 0.6 is 64.3 Å². The Morgan fingerprint density at radius 2 is 1.72 bits per heavy atom. The van der Waals surface area contributed by atoms with Crippen molar-refractivity contribution in [1.29, 1.82) is 0 Å². The Morgan fingerprint density at radius 3 is 2.20 bits per heavy atom. The van der Waals surface area contributed by atoms with Crippen LogP contribution in [0.1, 0.15) is 11.9 Å². The van der Waals surface area contributed by atoms with Crippen LogP contribution in [0.3, 0.4) is 0 Å². The summed E-state index contributed by atoms with van der Waals surface area (Å²) >= 11 is 1.40. The fourth-order valence-corrected chi connectivity index (χ4v) is 2.19. The first kappa shape index (κ1) is 23.6. The van der Waals surface area contributed by atoms with Gasteiger partial charge in [-0.05, 0) is 42.0 Å². The molecule has 5 nitrogen and oxygen atoms in total. The SMILES string of the molecule is CCOC(=O)[n+]1nc(C)sc1Nc1ccccc1.[Cl][Sb-]([Cl])([Cl])([Cl])([Cl])[Cl]. The number of aromatic nitrogens is 2. The van der Waals surface area contributed by atoms with Crippen molar-refractivity contribution in [3.05, 3.63) is 35.3 Å². The number of aryl methyl sites for hydroxylation is 1. The first-order valence-electron chi connectivity index (χ1n) is 6.61. The number of para-hydroxylation sites is 1. The standard InChI is InChI=1S/C12H13N3O2S.6ClH.Sb/c1-3-17-12(16)15-11(18-9(2)14-15)13-10-7-5-4-6-8-10;;;;;;;/h4-8H,3H2,1-2H3;6*1H;/q;;;;;;;+5/p-5. The van der Waals surface area contributed by atoms with Crippen molar-refractivity contribution in [3.8, 4) is 0 Å². The summed E-state index contributed by atoms with van der Waals surface area (Å²) in [7, 11) is 25.0. The quantitative estimate of drug-likeness (QED) is 0.336. The summed E-state index contributed by atoms with van der Waals surface area (Å²) in [5, 5.41) is 8.70. The van der Waals surface area contributed by atoms with Crippen LogP contribution in [0.25, 0.3) is 0 Å². The van der Waals surface area contributed by atoms with Crippen molar-refractivity contribution >= 4 is 90.4 Å². The second-order valence-electron chi connectivity index (χ2n) is 4.49. The maximum absolute atomic E-state index is 11.7. The third kappa shape index (κ3) is 12.6. The Kier molecular flexibility index (Phi) is 7.87. The molecule has 0 aliphatic heterocycles. The molecular weight excluding hydrogens is 585 g/mol. The molecule has 13 heteroatoms. The molecular formula is C12H14Cl6N3O2SSb. The van der Waals surface area contributed by atoms with Gasteiger partial charge in [-0.3, -0.25) is 0 Å². The number of halogens is 6. The Hall–Kier alpha value is 0.608. The number of anilines is 2. The van der Waals surface area contributed by atoms with Crippen LogP contribution in [0, 0.1) is 6.92 Å². The summed E-state index contributed by atoms with van der Waals surface area (Å²) < 4.78 is 6.19. The van der Waals surface area contributed by atoms with Gasteiger partial charge < -0.3 is 4.74 Å². The van der Waals surface area contributed by atoms with E-state index in [9.17, 15) is 4.79 Å². The van der Waals surface area contributed by atoms with Crippen LogP contribution in [-0.2, 0) is 4.74 Å². The first-order chi connectivity index (χ1) is 11.2. The van der Waals surface area contributed by atoms with Gasteiger partial charge in [0.25, 0.3) is 0 Å². The number of nitrogens with zero attached hydrogens (tertiary/aromatic N) is 2. The van der Waals surface area contributed by atoms with Crippen molar-refractivity contribution in [2.45, 2.75) is 13.8 Å².